The third kappa shape index (κ3) is 7.81. The third-order valence-electron chi connectivity index (χ3n) is 5.27. The highest BCUT2D eigenvalue weighted by molar-refractivity contribution is 5.91. The van der Waals surface area contributed by atoms with Crippen LogP contribution in [0.15, 0.2) is 30.5 Å². The summed E-state index contributed by atoms with van der Waals surface area (Å²) in [4.78, 5) is 58.6. The summed E-state index contributed by atoms with van der Waals surface area (Å²) in [7, 11) is 0. The Morgan fingerprint density at radius 2 is 1.51 bits per heavy atom. The summed E-state index contributed by atoms with van der Waals surface area (Å²) < 4.78 is 33.9. The Balaban J connectivity index is 1.88. The molecule has 0 bridgehead atoms. The Hall–Kier alpha value is -4.37. The number of rotatable bonds is 10. The molecule has 39 heavy (non-hydrogen) atoms. The van der Waals surface area contributed by atoms with E-state index < -0.39 is 67.2 Å². The van der Waals surface area contributed by atoms with E-state index in [-0.39, 0.29) is 23.6 Å². The van der Waals surface area contributed by atoms with Crippen LogP contribution < -0.4 is 0 Å². The Morgan fingerprint density at radius 1 is 0.897 bits per heavy atom. The van der Waals surface area contributed by atoms with Crippen molar-refractivity contribution in [2.24, 2.45) is 0 Å². The fourth-order valence-corrected chi connectivity index (χ4v) is 3.83. The van der Waals surface area contributed by atoms with Crippen molar-refractivity contribution in [2.75, 3.05) is 6.61 Å². The molecule has 3 rings (SSSR count). The predicted octanol–water partition coefficient (Wildman–Crippen LogP) is 0.565. The molecule has 0 saturated carbocycles. The molecular weight excluding hydrogens is 522 g/mol. The second-order valence-corrected chi connectivity index (χ2v) is 8.36. The quantitative estimate of drug-likeness (QED) is 0.319. The van der Waals surface area contributed by atoms with Crippen molar-refractivity contribution in [3.8, 4) is 5.69 Å². The smallest absolute Gasteiger partial charge is 0.337 e. The lowest BCUT2D eigenvalue weighted by Crippen LogP contribution is -2.62. The van der Waals surface area contributed by atoms with Crippen LogP contribution in [-0.2, 0) is 54.2 Å². The maximum Gasteiger partial charge on any atom is 0.337 e. The van der Waals surface area contributed by atoms with Crippen LogP contribution in [0.2, 0.25) is 0 Å². The van der Waals surface area contributed by atoms with Gasteiger partial charge in [0.2, 0.25) is 0 Å². The topological polar surface area (TPSA) is 192 Å². The van der Waals surface area contributed by atoms with Crippen molar-refractivity contribution in [1.29, 1.82) is 0 Å². The number of hydrogen-bond donors (Lipinski definition) is 1. The van der Waals surface area contributed by atoms with Crippen molar-refractivity contribution in [3.05, 3.63) is 41.7 Å². The number of carboxylic acid groups (broad SMARTS) is 1. The second kappa shape index (κ2) is 12.9. The molecule has 0 spiro atoms. The Kier molecular flexibility index (Phi) is 9.68. The molecule has 1 aromatic carbocycles. The summed E-state index contributed by atoms with van der Waals surface area (Å²) in [6, 6.07) is 6.16. The molecule has 15 nitrogen and oxygen atoms in total. The largest absolute Gasteiger partial charge is 0.478 e. The molecule has 5 atom stereocenters. The molecule has 1 aliphatic rings. The monoisotopic (exact) mass is 549 g/mol. The summed E-state index contributed by atoms with van der Waals surface area (Å²) in [6.45, 7) is 3.81. The lowest BCUT2D eigenvalue weighted by Gasteiger charge is -2.43. The SMILES string of the molecule is CC(=O)OC[C@H]1O[C@H](OCc2cn(-c3ccccc3C(=O)O)nn2)[C@@H](OC(C)=O)[C@@H](OC(C)=O)[C@@H]1OC(C)=O. The molecule has 0 aliphatic carbocycles. The van der Waals surface area contributed by atoms with Crippen molar-refractivity contribution < 1.29 is 57.5 Å². The number of para-hydroxylation sites is 1. The van der Waals surface area contributed by atoms with E-state index in [9.17, 15) is 29.1 Å². The zero-order valence-corrected chi connectivity index (χ0v) is 21.5. The average Bonchev–Trinajstić information content (AvgIpc) is 3.32. The number of carboxylic acids is 1. The van der Waals surface area contributed by atoms with Crippen LogP contribution in [0.3, 0.4) is 0 Å². The van der Waals surface area contributed by atoms with E-state index in [1.165, 1.54) is 16.9 Å². The zero-order chi connectivity index (χ0) is 28.7. The van der Waals surface area contributed by atoms with Crippen molar-refractivity contribution in [3.63, 3.8) is 0 Å². The number of ether oxygens (including phenoxy) is 6. The Bertz CT molecular complexity index is 1230. The number of hydrogen-bond acceptors (Lipinski definition) is 13. The minimum absolute atomic E-state index is 0.00514. The molecule has 15 heteroatoms. The predicted molar refractivity (Wildman–Crippen MR) is 125 cm³/mol. The second-order valence-electron chi connectivity index (χ2n) is 8.36. The van der Waals surface area contributed by atoms with Crippen LogP contribution in [0.5, 0.6) is 0 Å². The fourth-order valence-electron chi connectivity index (χ4n) is 3.83. The Labute approximate surface area is 221 Å². The third-order valence-corrected chi connectivity index (χ3v) is 5.27. The number of esters is 4. The highest BCUT2D eigenvalue weighted by Crippen LogP contribution is 2.30. The van der Waals surface area contributed by atoms with E-state index in [0.29, 0.717) is 0 Å². The number of aromatic nitrogens is 3. The highest BCUT2D eigenvalue weighted by atomic mass is 16.7. The summed E-state index contributed by atoms with van der Waals surface area (Å²) in [5.74, 6) is -4.11. The zero-order valence-electron chi connectivity index (χ0n) is 21.5. The van der Waals surface area contributed by atoms with Gasteiger partial charge in [-0.15, -0.1) is 5.10 Å². The van der Waals surface area contributed by atoms with E-state index in [1.54, 1.807) is 18.2 Å². The summed E-state index contributed by atoms with van der Waals surface area (Å²) in [5.41, 5.74) is 0.494. The minimum atomic E-state index is -1.40. The van der Waals surface area contributed by atoms with Crippen molar-refractivity contribution in [2.45, 2.75) is 65.0 Å². The normalized spacial score (nSPS) is 22.4. The number of nitrogens with zero attached hydrogens (tertiary/aromatic N) is 3. The first-order chi connectivity index (χ1) is 18.5. The maximum absolute atomic E-state index is 11.9. The molecule has 1 aliphatic heterocycles. The van der Waals surface area contributed by atoms with Gasteiger partial charge in [-0.2, -0.15) is 0 Å². The lowest BCUT2D eigenvalue weighted by molar-refractivity contribution is -0.310. The van der Waals surface area contributed by atoms with E-state index in [0.717, 1.165) is 27.7 Å². The molecule has 2 aromatic rings. The number of benzene rings is 1. The van der Waals surface area contributed by atoms with Gasteiger partial charge in [0.05, 0.1) is 24.1 Å². The van der Waals surface area contributed by atoms with Crippen LogP contribution in [0.1, 0.15) is 43.7 Å². The molecule has 1 aromatic heterocycles. The van der Waals surface area contributed by atoms with E-state index in [4.69, 9.17) is 28.4 Å². The van der Waals surface area contributed by atoms with Crippen LogP contribution in [0.25, 0.3) is 5.69 Å². The Morgan fingerprint density at radius 3 is 2.13 bits per heavy atom. The van der Waals surface area contributed by atoms with Gasteiger partial charge in [-0.05, 0) is 12.1 Å². The first-order valence-electron chi connectivity index (χ1n) is 11.6. The van der Waals surface area contributed by atoms with Gasteiger partial charge in [0.1, 0.15) is 18.4 Å². The standard InChI is InChI=1S/C24H27N3O12/c1-12(28)34-11-19-20(36-13(2)29)21(37-14(3)30)22(38-15(4)31)24(39-19)35-10-16-9-27(26-25-16)18-8-6-5-7-17(18)23(32)33/h5-9,19-22,24H,10-11H2,1-4H3,(H,32,33)/t19-,20-,21+,22+,24+/m1/s1. The summed E-state index contributed by atoms with van der Waals surface area (Å²) >= 11 is 0. The van der Waals surface area contributed by atoms with Crippen molar-refractivity contribution in [1.82, 2.24) is 15.0 Å². The van der Waals surface area contributed by atoms with Crippen LogP contribution in [0, 0.1) is 0 Å². The molecule has 0 unspecified atom stereocenters. The first-order valence-corrected chi connectivity index (χ1v) is 11.6. The van der Waals surface area contributed by atoms with Crippen LogP contribution in [-0.4, -0.2) is 87.3 Å². The molecule has 1 fully saturated rings. The molecule has 210 valence electrons. The van der Waals surface area contributed by atoms with Gasteiger partial charge in [-0.3, -0.25) is 19.2 Å². The summed E-state index contributed by atoms with van der Waals surface area (Å²) in [5, 5.41) is 17.3. The average molecular weight is 549 g/mol. The number of aromatic carboxylic acids is 1. The van der Waals surface area contributed by atoms with Crippen LogP contribution >= 0.6 is 0 Å². The molecular formula is C24H27N3O12. The van der Waals surface area contributed by atoms with E-state index >= 15 is 0 Å². The number of carbonyl (C=O) groups is 5. The number of carbonyl (C=O) groups excluding carboxylic acids is 4. The molecule has 0 radical (unpaired) electrons. The molecule has 0 amide bonds. The van der Waals surface area contributed by atoms with Gasteiger partial charge in [0.15, 0.2) is 24.6 Å². The highest BCUT2D eigenvalue weighted by Gasteiger charge is 2.52. The van der Waals surface area contributed by atoms with Gasteiger partial charge >= 0.3 is 29.8 Å². The molecule has 1 saturated heterocycles. The van der Waals surface area contributed by atoms with E-state index in [2.05, 4.69) is 10.3 Å². The van der Waals surface area contributed by atoms with Crippen LogP contribution in [0.4, 0.5) is 0 Å². The van der Waals surface area contributed by atoms with Gasteiger partial charge < -0.3 is 33.5 Å². The molecule has 1 N–H and O–H groups in total. The van der Waals surface area contributed by atoms with Gasteiger partial charge in [0, 0.05) is 27.7 Å². The van der Waals surface area contributed by atoms with Crippen molar-refractivity contribution >= 4 is 29.8 Å². The fraction of sp³-hybridized carbons (Fsp3) is 0.458. The molecule has 2 heterocycles. The summed E-state index contributed by atoms with van der Waals surface area (Å²) in [6.07, 6.45) is -5.24. The minimum Gasteiger partial charge on any atom is -0.478 e. The van der Waals surface area contributed by atoms with Gasteiger partial charge in [-0.25, -0.2) is 9.48 Å². The lowest BCUT2D eigenvalue weighted by atomic mass is 9.98. The van der Waals surface area contributed by atoms with E-state index in [1.807, 2.05) is 0 Å². The van der Waals surface area contributed by atoms with Gasteiger partial charge in [-0.1, -0.05) is 17.3 Å². The maximum atomic E-state index is 11.9. The first kappa shape index (κ1) is 29.2. The van der Waals surface area contributed by atoms with Gasteiger partial charge in [0.25, 0.3) is 0 Å².